The molecule has 9 nitrogen and oxygen atoms in total. The van der Waals surface area contributed by atoms with Crippen molar-refractivity contribution >= 4 is 45.9 Å². The minimum absolute atomic E-state index is 0.144. The van der Waals surface area contributed by atoms with Gasteiger partial charge in [0.05, 0.1) is 47.0 Å². The van der Waals surface area contributed by atoms with E-state index < -0.39 is 16.9 Å². The standard InChI is InChI=1S/C26H21ClN4O5/c1-3-36-25(32)22-23(15-8-11-17(35-2)12-9-15)29-26-28-20-6-4-5-7-21(20)30(26)24(22)18-14-16(31(33)34)10-13-19(18)27/h4-14,24H,3H2,1-2H3,(H,28,29)/t24-/m0/s1. The van der Waals surface area contributed by atoms with E-state index in [1.54, 1.807) is 26.2 Å². The lowest BCUT2D eigenvalue weighted by Gasteiger charge is -2.31. The number of nitrogens with one attached hydrogen (secondary N) is 1. The first kappa shape index (κ1) is 23.4. The molecule has 0 amide bonds. The van der Waals surface area contributed by atoms with Crippen LogP contribution in [0.15, 0.2) is 72.3 Å². The Morgan fingerprint density at radius 2 is 1.92 bits per heavy atom. The number of carbonyl (C=O) groups is 1. The Morgan fingerprint density at radius 1 is 1.17 bits per heavy atom. The molecule has 182 valence electrons. The average Bonchev–Trinajstić information content (AvgIpc) is 3.26. The zero-order chi connectivity index (χ0) is 25.4. The Kier molecular flexibility index (Phi) is 6.07. The number of hydrogen-bond acceptors (Lipinski definition) is 7. The summed E-state index contributed by atoms with van der Waals surface area (Å²) in [5.74, 6) is 0.535. The maximum absolute atomic E-state index is 13.5. The summed E-state index contributed by atoms with van der Waals surface area (Å²) >= 11 is 6.63. The van der Waals surface area contributed by atoms with Crippen molar-refractivity contribution < 1.29 is 19.2 Å². The van der Waals surface area contributed by atoms with Gasteiger partial charge in [-0.05, 0) is 55.0 Å². The van der Waals surface area contributed by atoms with Gasteiger partial charge in [-0.3, -0.25) is 14.7 Å². The molecule has 1 N–H and O–H groups in total. The van der Waals surface area contributed by atoms with E-state index in [0.29, 0.717) is 34.0 Å². The number of fused-ring (bicyclic) bond motifs is 3. The Labute approximate surface area is 211 Å². The highest BCUT2D eigenvalue weighted by molar-refractivity contribution is 6.31. The maximum Gasteiger partial charge on any atom is 0.338 e. The third kappa shape index (κ3) is 3.93. The number of aromatic nitrogens is 2. The van der Waals surface area contributed by atoms with Gasteiger partial charge < -0.3 is 14.8 Å². The van der Waals surface area contributed by atoms with Crippen LogP contribution in [-0.4, -0.2) is 34.2 Å². The number of nitrogens with zero attached hydrogens (tertiary/aromatic N) is 3. The van der Waals surface area contributed by atoms with Crippen molar-refractivity contribution in [1.82, 2.24) is 9.55 Å². The molecule has 5 rings (SSSR count). The van der Waals surface area contributed by atoms with E-state index in [2.05, 4.69) is 5.32 Å². The van der Waals surface area contributed by atoms with E-state index >= 15 is 0 Å². The van der Waals surface area contributed by atoms with E-state index in [1.165, 1.54) is 18.2 Å². The Morgan fingerprint density at radius 3 is 2.61 bits per heavy atom. The van der Waals surface area contributed by atoms with Crippen molar-refractivity contribution in [2.24, 2.45) is 0 Å². The summed E-state index contributed by atoms with van der Waals surface area (Å²) in [5.41, 5.74) is 3.04. The van der Waals surface area contributed by atoms with Gasteiger partial charge in [0.15, 0.2) is 0 Å². The van der Waals surface area contributed by atoms with Gasteiger partial charge in [0.25, 0.3) is 5.69 Å². The largest absolute Gasteiger partial charge is 0.497 e. The van der Waals surface area contributed by atoms with Crippen molar-refractivity contribution in [2.75, 3.05) is 19.0 Å². The Bertz CT molecular complexity index is 1530. The minimum Gasteiger partial charge on any atom is -0.497 e. The molecule has 10 heteroatoms. The molecule has 0 radical (unpaired) electrons. The Balaban J connectivity index is 1.85. The van der Waals surface area contributed by atoms with Gasteiger partial charge in [-0.2, -0.15) is 0 Å². The quantitative estimate of drug-likeness (QED) is 0.207. The first-order valence-corrected chi connectivity index (χ1v) is 11.5. The number of ether oxygens (including phenoxy) is 2. The van der Waals surface area contributed by atoms with Gasteiger partial charge >= 0.3 is 5.97 Å². The SMILES string of the molecule is CCOC(=O)C1=C(c2ccc(OC)cc2)Nc2nc3ccccc3n2[C@H]1c1cc([N+](=O)[O-])ccc1Cl. The summed E-state index contributed by atoms with van der Waals surface area (Å²) in [4.78, 5) is 29.4. The number of methoxy groups -OCH3 is 1. The highest BCUT2D eigenvalue weighted by atomic mass is 35.5. The van der Waals surface area contributed by atoms with E-state index in [-0.39, 0.29) is 22.9 Å². The lowest BCUT2D eigenvalue weighted by atomic mass is 9.92. The zero-order valence-corrected chi connectivity index (χ0v) is 20.2. The molecule has 3 aromatic carbocycles. The summed E-state index contributed by atoms with van der Waals surface area (Å²) in [6.45, 7) is 1.86. The summed E-state index contributed by atoms with van der Waals surface area (Å²) in [6.07, 6.45) is 0. The second-order valence-corrected chi connectivity index (χ2v) is 8.43. The second kappa shape index (κ2) is 9.35. The lowest BCUT2D eigenvalue weighted by Crippen LogP contribution is -2.29. The third-order valence-electron chi connectivity index (χ3n) is 5.99. The number of hydrogen-bond donors (Lipinski definition) is 1. The number of halogens is 1. The van der Waals surface area contributed by atoms with Gasteiger partial charge in [-0.1, -0.05) is 23.7 Å². The molecule has 4 aromatic rings. The number of para-hydroxylation sites is 2. The smallest absolute Gasteiger partial charge is 0.338 e. The fourth-order valence-corrected chi connectivity index (χ4v) is 4.62. The predicted octanol–water partition coefficient (Wildman–Crippen LogP) is 5.60. The van der Waals surface area contributed by atoms with Crippen LogP contribution in [0.25, 0.3) is 16.7 Å². The average molecular weight is 505 g/mol. The molecule has 2 heterocycles. The molecule has 0 saturated heterocycles. The van der Waals surface area contributed by atoms with Crippen LogP contribution < -0.4 is 10.1 Å². The molecular weight excluding hydrogens is 484 g/mol. The minimum atomic E-state index is -0.850. The summed E-state index contributed by atoms with van der Waals surface area (Å²) < 4.78 is 12.6. The molecule has 0 bridgehead atoms. The molecular formula is C26H21ClN4O5. The van der Waals surface area contributed by atoms with E-state index in [9.17, 15) is 14.9 Å². The van der Waals surface area contributed by atoms with E-state index in [0.717, 1.165) is 5.52 Å². The van der Waals surface area contributed by atoms with Crippen LogP contribution in [0.4, 0.5) is 11.6 Å². The molecule has 1 atom stereocenters. The van der Waals surface area contributed by atoms with Gasteiger partial charge in [0.1, 0.15) is 5.75 Å². The normalized spacial score (nSPS) is 14.8. The van der Waals surface area contributed by atoms with Gasteiger partial charge in [0.2, 0.25) is 5.95 Å². The molecule has 0 fully saturated rings. The van der Waals surface area contributed by atoms with Crippen LogP contribution in [0.5, 0.6) is 5.75 Å². The van der Waals surface area contributed by atoms with Crippen LogP contribution in [0.2, 0.25) is 5.02 Å². The van der Waals surface area contributed by atoms with Crippen molar-refractivity contribution in [3.05, 3.63) is 98.6 Å². The first-order chi connectivity index (χ1) is 17.4. The number of nitro groups is 1. The number of rotatable bonds is 6. The van der Waals surface area contributed by atoms with Gasteiger partial charge in [0, 0.05) is 22.7 Å². The van der Waals surface area contributed by atoms with Crippen LogP contribution in [0.3, 0.4) is 0 Å². The third-order valence-corrected chi connectivity index (χ3v) is 6.34. The molecule has 0 unspecified atom stereocenters. The molecule has 1 aliphatic rings. The van der Waals surface area contributed by atoms with E-state index in [4.69, 9.17) is 26.1 Å². The van der Waals surface area contributed by atoms with Crippen LogP contribution in [0.1, 0.15) is 24.1 Å². The molecule has 0 aliphatic carbocycles. The number of benzene rings is 3. The molecule has 1 aliphatic heterocycles. The number of carbonyl (C=O) groups excluding carboxylic acids is 1. The predicted molar refractivity (Wildman–Crippen MR) is 136 cm³/mol. The lowest BCUT2D eigenvalue weighted by molar-refractivity contribution is -0.384. The molecule has 0 spiro atoms. The highest BCUT2D eigenvalue weighted by Gasteiger charge is 2.38. The summed E-state index contributed by atoms with van der Waals surface area (Å²) in [7, 11) is 1.57. The van der Waals surface area contributed by atoms with Crippen LogP contribution in [0, 0.1) is 10.1 Å². The molecule has 36 heavy (non-hydrogen) atoms. The number of esters is 1. The van der Waals surface area contributed by atoms with Gasteiger partial charge in [-0.15, -0.1) is 0 Å². The monoisotopic (exact) mass is 504 g/mol. The van der Waals surface area contributed by atoms with Crippen molar-refractivity contribution in [3.8, 4) is 5.75 Å². The fourth-order valence-electron chi connectivity index (χ4n) is 4.40. The van der Waals surface area contributed by atoms with Gasteiger partial charge in [-0.25, -0.2) is 9.78 Å². The number of non-ortho nitro benzene ring substituents is 1. The van der Waals surface area contributed by atoms with Crippen molar-refractivity contribution in [3.63, 3.8) is 0 Å². The van der Waals surface area contributed by atoms with Crippen molar-refractivity contribution in [2.45, 2.75) is 13.0 Å². The topological polar surface area (TPSA) is 109 Å². The first-order valence-electron chi connectivity index (χ1n) is 11.2. The number of imidazole rings is 1. The van der Waals surface area contributed by atoms with Crippen LogP contribution in [-0.2, 0) is 9.53 Å². The maximum atomic E-state index is 13.5. The second-order valence-electron chi connectivity index (χ2n) is 8.02. The number of anilines is 1. The summed E-state index contributed by atoms with van der Waals surface area (Å²) in [5, 5.41) is 15.2. The number of nitro benzene ring substituents is 1. The Hall–Kier alpha value is -4.37. The van der Waals surface area contributed by atoms with Crippen molar-refractivity contribution in [1.29, 1.82) is 0 Å². The van der Waals surface area contributed by atoms with Crippen LogP contribution >= 0.6 is 11.6 Å². The molecule has 0 saturated carbocycles. The zero-order valence-electron chi connectivity index (χ0n) is 19.4. The van der Waals surface area contributed by atoms with E-state index in [1.807, 2.05) is 41.0 Å². The molecule has 1 aromatic heterocycles. The summed E-state index contributed by atoms with van der Waals surface area (Å²) in [6, 6.07) is 18.0. The fraction of sp³-hybridized carbons (Fsp3) is 0.154. The highest BCUT2D eigenvalue weighted by Crippen LogP contribution is 2.45.